The summed E-state index contributed by atoms with van der Waals surface area (Å²) in [5, 5.41) is 0. The van der Waals surface area contributed by atoms with E-state index < -0.39 is 41.3 Å². The summed E-state index contributed by atoms with van der Waals surface area (Å²) in [6.45, 7) is 1.05. The number of para-hydroxylation sites is 1. The van der Waals surface area contributed by atoms with E-state index in [2.05, 4.69) is 4.74 Å². The smallest absolute Gasteiger partial charge is 0.377 e. The molecule has 2 unspecified atom stereocenters. The van der Waals surface area contributed by atoms with Crippen LogP contribution in [0.3, 0.4) is 0 Å². The van der Waals surface area contributed by atoms with Gasteiger partial charge in [0, 0.05) is 24.7 Å². The molecule has 0 bridgehead atoms. The first-order valence-electron chi connectivity index (χ1n) is 8.56. The van der Waals surface area contributed by atoms with E-state index >= 15 is 8.78 Å². The molecule has 1 heterocycles. The second-order valence-electron chi connectivity index (χ2n) is 6.46. The van der Waals surface area contributed by atoms with Gasteiger partial charge in [-0.3, -0.25) is 4.79 Å². The van der Waals surface area contributed by atoms with Crippen molar-refractivity contribution in [3.05, 3.63) is 65.2 Å². The summed E-state index contributed by atoms with van der Waals surface area (Å²) in [7, 11) is 1.30. The summed E-state index contributed by atoms with van der Waals surface area (Å²) in [5.74, 6) is -12.7. The van der Waals surface area contributed by atoms with Crippen molar-refractivity contribution in [3.8, 4) is 0 Å². The van der Waals surface area contributed by atoms with Crippen molar-refractivity contribution in [1.29, 1.82) is 0 Å². The van der Waals surface area contributed by atoms with Crippen molar-refractivity contribution in [1.82, 2.24) is 0 Å². The van der Waals surface area contributed by atoms with E-state index in [9.17, 15) is 18.4 Å². The lowest BCUT2D eigenvalue weighted by Crippen LogP contribution is -2.53. The minimum Gasteiger partial charge on any atom is -0.462 e. The van der Waals surface area contributed by atoms with Crippen LogP contribution >= 0.6 is 0 Å². The average molecular weight is 395 g/mol. The van der Waals surface area contributed by atoms with Gasteiger partial charge >= 0.3 is 11.9 Å². The maximum atomic E-state index is 15.0. The number of hydrogen-bond donors (Lipinski definition) is 0. The molecule has 1 aliphatic rings. The Kier molecular flexibility index (Phi) is 5.14. The molecule has 0 aliphatic carbocycles. The average Bonchev–Trinajstić information content (AvgIpc) is 2.63. The molecule has 3 rings (SSSR count). The molecule has 2 aromatic carbocycles. The highest BCUT2D eigenvalue weighted by Gasteiger charge is 2.59. The zero-order valence-electron chi connectivity index (χ0n) is 15.1. The van der Waals surface area contributed by atoms with Gasteiger partial charge in [0.25, 0.3) is 0 Å². The van der Waals surface area contributed by atoms with Crippen LogP contribution in [-0.2, 0) is 14.3 Å². The number of nitrogens with zero attached hydrogens (tertiary/aromatic N) is 1. The Morgan fingerprint density at radius 3 is 2.36 bits per heavy atom. The van der Waals surface area contributed by atoms with Crippen molar-refractivity contribution in [3.63, 3.8) is 0 Å². The second kappa shape index (κ2) is 7.26. The molecule has 2 atom stereocenters. The fraction of sp³-hybridized carbons (Fsp3) is 0.300. The van der Waals surface area contributed by atoms with Gasteiger partial charge in [-0.25, -0.2) is 13.6 Å². The Morgan fingerprint density at radius 2 is 1.75 bits per heavy atom. The molecular weight excluding hydrogens is 378 g/mol. The number of carbonyl (C=O) groups is 2. The number of fused-ring (bicyclic) bond motifs is 1. The molecule has 0 spiro atoms. The summed E-state index contributed by atoms with van der Waals surface area (Å²) >= 11 is 0. The minimum atomic E-state index is -4.21. The number of esters is 1. The normalized spacial score (nSPS) is 19.4. The van der Waals surface area contributed by atoms with Crippen LogP contribution in [-0.4, -0.2) is 31.5 Å². The standard InChI is InChI=1S/C20H17F4NO3/c1-3-28-19(27)20(23,24)17-16(11-8-12(21)10-13(22)9-11)14-6-4-5-7-15(14)25(2)18(17)26/h4-10,16-17H,3H2,1-2H3. The van der Waals surface area contributed by atoms with E-state index in [0.29, 0.717) is 11.8 Å². The summed E-state index contributed by atoms with van der Waals surface area (Å²) < 4.78 is 62.2. The van der Waals surface area contributed by atoms with E-state index in [1.807, 2.05) is 0 Å². The third kappa shape index (κ3) is 3.23. The maximum absolute atomic E-state index is 15.0. The first-order valence-corrected chi connectivity index (χ1v) is 8.56. The highest BCUT2D eigenvalue weighted by molar-refractivity contribution is 6.02. The Balaban J connectivity index is 2.26. The molecule has 4 nitrogen and oxygen atoms in total. The number of ether oxygens (including phenoxy) is 1. The van der Waals surface area contributed by atoms with Gasteiger partial charge in [0.05, 0.1) is 6.61 Å². The number of benzene rings is 2. The third-order valence-corrected chi connectivity index (χ3v) is 4.75. The van der Waals surface area contributed by atoms with Gasteiger partial charge in [0.15, 0.2) is 0 Å². The molecule has 0 radical (unpaired) electrons. The lowest BCUT2D eigenvalue weighted by Gasteiger charge is -2.40. The minimum absolute atomic E-state index is 0.166. The van der Waals surface area contributed by atoms with Crippen molar-refractivity contribution in [2.45, 2.75) is 18.8 Å². The Labute approximate surface area is 158 Å². The zero-order valence-corrected chi connectivity index (χ0v) is 15.1. The molecule has 2 aromatic rings. The molecule has 0 fully saturated rings. The molecule has 148 valence electrons. The van der Waals surface area contributed by atoms with Crippen molar-refractivity contribution in [2.24, 2.45) is 5.92 Å². The lowest BCUT2D eigenvalue weighted by atomic mass is 9.73. The molecule has 0 N–H and O–H groups in total. The Bertz CT molecular complexity index is 911. The molecule has 8 heteroatoms. The van der Waals surface area contributed by atoms with Crippen LogP contribution < -0.4 is 4.90 Å². The van der Waals surface area contributed by atoms with Crippen LogP contribution in [0.4, 0.5) is 23.2 Å². The summed E-state index contributed by atoms with van der Waals surface area (Å²) in [6.07, 6.45) is 0. The van der Waals surface area contributed by atoms with Crippen LogP contribution in [0.5, 0.6) is 0 Å². The number of alkyl halides is 2. The first kappa shape index (κ1) is 19.9. The lowest BCUT2D eigenvalue weighted by molar-refractivity contribution is -0.183. The quantitative estimate of drug-likeness (QED) is 0.583. The highest BCUT2D eigenvalue weighted by Crippen LogP contribution is 2.49. The summed E-state index contributed by atoms with van der Waals surface area (Å²) in [5.41, 5.74) is 0.405. The maximum Gasteiger partial charge on any atom is 0.377 e. The van der Waals surface area contributed by atoms with Gasteiger partial charge in [0.1, 0.15) is 17.6 Å². The third-order valence-electron chi connectivity index (χ3n) is 4.75. The van der Waals surface area contributed by atoms with Crippen LogP contribution in [0.25, 0.3) is 0 Å². The first-order chi connectivity index (χ1) is 13.2. The van der Waals surface area contributed by atoms with E-state index in [1.54, 1.807) is 12.1 Å². The summed E-state index contributed by atoms with van der Waals surface area (Å²) in [4.78, 5) is 25.8. The van der Waals surface area contributed by atoms with Crippen molar-refractivity contribution < 1.29 is 31.9 Å². The Morgan fingerprint density at radius 1 is 1.14 bits per heavy atom. The van der Waals surface area contributed by atoms with Gasteiger partial charge in [-0.1, -0.05) is 18.2 Å². The number of rotatable bonds is 4. The molecule has 1 amide bonds. The van der Waals surface area contributed by atoms with Gasteiger partial charge in [-0.15, -0.1) is 0 Å². The number of amides is 1. The van der Waals surface area contributed by atoms with Gasteiger partial charge in [-0.2, -0.15) is 8.78 Å². The van der Waals surface area contributed by atoms with E-state index in [0.717, 1.165) is 17.0 Å². The van der Waals surface area contributed by atoms with Crippen molar-refractivity contribution in [2.75, 3.05) is 18.6 Å². The fourth-order valence-electron chi connectivity index (χ4n) is 3.55. The van der Waals surface area contributed by atoms with Gasteiger partial charge in [0.2, 0.25) is 5.91 Å². The molecule has 1 aliphatic heterocycles. The predicted molar refractivity (Wildman–Crippen MR) is 93.1 cm³/mol. The highest BCUT2D eigenvalue weighted by atomic mass is 19.3. The molecule has 0 aromatic heterocycles. The SMILES string of the molecule is CCOC(=O)C(F)(F)C1C(=O)N(C)c2ccccc2C1c1cc(F)cc(F)c1. The summed E-state index contributed by atoms with van der Waals surface area (Å²) in [6, 6.07) is 8.56. The largest absolute Gasteiger partial charge is 0.462 e. The molecule has 0 saturated carbocycles. The number of carbonyl (C=O) groups excluding carboxylic acids is 2. The van der Waals surface area contributed by atoms with Crippen molar-refractivity contribution >= 4 is 17.6 Å². The molecular formula is C20H17F4NO3. The number of anilines is 1. The van der Waals surface area contributed by atoms with Gasteiger partial charge < -0.3 is 9.64 Å². The van der Waals surface area contributed by atoms with Gasteiger partial charge in [-0.05, 0) is 36.2 Å². The molecule has 0 saturated heterocycles. The van der Waals surface area contributed by atoms with Crippen LogP contribution in [0.1, 0.15) is 24.0 Å². The predicted octanol–water partition coefficient (Wildman–Crippen LogP) is 3.89. The van der Waals surface area contributed by atoms with Crippen LogP contribution in [0.15, 0.2) is 42.5 Å². The van der Waals surface area contributed by atoms with E-state index in [4.69, 9.17) is 0 Å². The monoisotopic (exact) mass is 395 g/mol. The second-order valence-corrected chi connectivity index (χ2v) is 6.46. The van der Waals surface area contributed by atoms with Crippen LogP contribution in [0, 0.1) is 17.6 Å². The van der Waals surface area contributed by atoms with Crippen LogP contribution in [0.2, 0.25) is 0 Å². The fourth-order valence-corrected chi connectivity index (χ4v) is 3.55. The number of hydrogen-bond acceptors (Lipinski definition) is 3. The molecule has 28 heavy (non-hydrogen) atoms. The topological polar surface area (TPSA) is 46.6 Å². The van der Waals surface area contributed by atoms with E-state index in [1.165, 1.54) is 26.1 Å². The van der Waals surface area contributed by atoms with E-state index in [-0.39, 0.29) is 17.7 Å². The zero-order chi connectivity index (χ0) is 20.6. The number of halogens is 4. The Hall–Kier alpha value is -2.90.